The monoisotopic (exact) mass is 299 g/mol. The molecule has 0 saturated carbocycles. The summed E-state index contributed by atoms with van der Waals surface area (Å²) in [7, 11) is 0. The van der Waals surface area contributed by atoms with Crippen molar-refractivity contribution in [3.05, 3.63) is 28.7 Å². The molecule has 0 N–H and O–H groups in total. The van der Waals surface area contributed by atoms with E-state index in [4.69, 9.17) is 4.74 Å². The van der Waals surface area contributed by atoms with Crippen molar-refractivity contribution >= 4 is 27.7 Å². The zero-order valence-corrected chi connectivity index (χ0v) is 12.2. The fourth-order valence-electron chi connectivity index (χ4n) is 1.38. The number of ether oxygens (including phenoxy) is 1. The number of carbonyl (C=O) groups is 1. The number of carbonyl (C=O) groups excluding carboxylic acids is 1. The van der Waals surface area contributed by atoms with Gasteiger partial charge in [-0.1, -0.05) is 22.0 Å². The number of halogens is 1. The van der Waals surface area contributed by atoms with E-state index in [-0.39, 0.29) is 6.09 Å². The summed E-state index contributed by atoms with van der Waals surface area (Å²) < 4.78 is 6.30. The van der Waals surface area contributed by atoms with E-state index < -0.39 is 5.60 Å². The van der Waals surface area contributed by atoms with Crippen LogP contribution in [0.2, 0.25) is 0 Å². The van der Waals surface area contributed by atoms with Gasteiger partial charge < -0.3 is 4.74 Å². The average Bonchev–Trinajstić information content (AvgIpc) is 2.15. The lowest BCUT2D eigenvalue weighted by atomic mass is 10.2. The largest absolute Gasteiger partial charge is 0.443 e. The average molecular weight is 300 g/mol. The van der Waals surface area contributed by atoms with Crippen LogP contribution in [-0.2, 0) is 4.74 Å². The van der Waals surface area contributed by atoms with Crippen LogP contribution in [0.3, 0.4) is 0 Å². The molecule has 94 valence electrons. The number of anilines is 1. The summed E-state index contributed by atoms with van der Waals surface area (Å²) >= 11 is 3.39. The van der Waals surface area contributed by atoms with Gasteiger partial charge in [-0.25, -0.2) is 4.79 Å². The minimum absolute atomic E-state index is 0.321. The van der Waals surface area contributed by atoms with Crippen molar-refractivity contribution in [2.75, 3.05) is 11.4 Å². The lowest BCUT2D eigenvalue weighted by molar-refractivity contribution is 0.0582. The van der Waals surface area contributed by atoms with Crippen LogP contribution in [0.15, 0.2) is 28.7 Å². The molecule has 0 aliphatic carbocycles. The zero-order valence-electron chi connectivity index (χ0n) is 10.7. The Labute approximate surface area is 111 Å². The smallest absolute Gasteiger partial charge is 0.414 e. The van der Waals surface area contributed by atoms with Gasteiger partial charge >= 0.3 is 6.09 Å². The van der Waals surface area contributed by atoms with Crippen LogP contribution >= 0.6 is 15.9 Å². The van der Waals surface area contributed by atoms with Crippen LogP contribution in [0.1, 0.15) is 27.7 Å². The van der Waals surface area contributed by atoms with Crippen molar-refractivity contribution in [3.8, 4) is 0 Å². The second-order valence-corrected chi connectivity index (χ2v) is 5.62. The summed E-state index contributed by atoms with van der Waals surface area (Å²) in [4.78, 5) is 13.6. The van der Waals surface area contributed by atoms with Crippen molar-refractivity contribution in [2.24, 2.45) is 0 Å². The van der Waals surface area contributed by atoms with Gasteiger partial charge in [0.15, 0.2) is 0 Å². The van der Waals surface area contributed by atoms with Gasteiger partial charge in [-0.15, -0.1) is 0 Å². The van der Waals surface area contributed by atoms with Gasteiger partial charge in [0, 0.05) is 16.7 Å². The fraction of sp³-hybridized carbons (Fsp3) is 0.462. The summed E-state index contributed by atoms with van der Waals surface area (Å²) in [5, 5.41) is 0. The Bertz CT molecular complexity index is 399. The molecule has 0 aliphatic heterocycles. The number of nitrogens with zero attached hydrogens (tertiary/aromatic N) is 1. The highest BCUT2D eigenvalue weighted by Gasteiger charge is 2.22. The fourth-order valence-corrected chi connectivity index (χ4v) is 1.77. The normalized spacial score (nSPS) is 11.1. The van der Waals surface area contributed by atoms with E-state index in [2.05, 4.69) is 15.9 Å². The van der Waals surface area contributed by atoms with Crippen molar-refractivity contribution in [1.82, 2.24) is 0 Å². The van der Waals surface area contributed by atoms with Crippen molar-refractivity contribution < 1.29 is 9.53 Å². The van der Waals surface area contributed by atoms with Crippen LogP contribution < -0.4 is 4.90 Å². The third-order valence-corrected chi connectivity index (χ3v) is 2.54. The van der Waals surface area contributed by atoms with E-state index >= 15 is 0 Å². The van der Waals surface area contributed by atoms with Crippen molar-refractivity contribution in [3.63, 3.8) is 0 Å². The third kappa shape index (κ3) is 4.38. The molecule has 0 spiro atoms. The molecule has 0 aromatic heterocycles. The Morgan fingerprint density at radius 2 is 2.06 bits per heavy atom. The molecular formula is C13H18BrNO2. The Morgan fingerprint density at radius 3 is 2.53 bits per heavy atom. The topological polar surface area (TPSA) is 29.5 Å². The van der Waals surface area contributed by atoms with E-state index in [0.717, 1.165) is 10.2 Å². The Kier molecular flexibility index (Phi) is 4.57. The van der Waals surface area contributed by atoms with E-state index in [1.54, 1.807) is 4.90 Å². The molecule has 0 fully saturated rings. The minimum atomic E-state index is -0.476. The number of hydrogen-bond donors (Lipinski definition) is 0. The Balaban J connectivity index is 2.88. The summed E-state index contributed by atoms with van der Waals surface area (Å²) in [5.41, 5.74) is 0.354. The molecule has 1 aromatic carbocycles. The second kappa shape index (κ2) is 5.54. The molecule has 0 saturated heterocycles. The van der Waals surface area contributed by atoms with E-state index in [0.29, 0.717) is 6.54 Å². The third-order valence-electron chi connectivity index (χ3n) is 2.05. The zero-order chi connectivity index (χ0) is 13.1. The van der Waals surface area contributed by atoms with Gasteiger partial charge in [-0.2, -0.15) is 0 Å². The minimum Gasteiger partial charge on any atom is -0.443 e. The van der Waals surface area contributed by atoms with Crippen LogP contribution in [0.4, 0.5) is 10.5 Å². The van der Waals surface area contributed by atoms with Crippen LogP contribution in [0, 0.1) is 0 Å². The van der Waals surface area contributed by atoms with E-state index in [9.17, 15) is 4.79 Å². The molecule has 1 amide bonds. The molecule has 0 heterocycles. The van der Waals surface area contributed by atoms with Gasteiger partial charge in [0.1, 0.15) is 5.60 Å². The maximum atomic E-state index is 12.0. The molecule has 1 aromatic rings. The quantitative estimate of drug-likeness (QED) is 0.818. The van der Waals surface area contributed by atoms with E-state index in [1.807, 2.05) is 52.0 Å². The van der Waals surface area contributed by atoms with Crippen LogP contribution in [0.25, 0.3) is 0 Å². The molecule has 0 unspecified atom stereocenters. The predicted molar refractivity (Wildman–Crippen MR) is 73.4 cm³/mol. The first kappa shape index (κ1) is 14.0. The molecule has 0 atom stereocenters. The van der Waals surface area contributed by atoms with Gasteiger partial charge in [0.05, 0.1) is 0 Å². The number of rotatable bonds is 2. The molecule has 17 heavy (non-hydrogen) atoms. The highest BCUT2D eigenvalue weighted by molar-refractivity contribution is 9.10. The maximum absolute atomic E-state index is 12.0. The van der Waals surface area contributed by atoms with Gasteiger partial charge in [-0.05, 0) is 45.9 Å². The lowest BCUT2D eigenvalue weighted by Crippen LogP contribution is -2.36. The first-order chi connectivity index (χ1) is 7.83. The lowest BCUT2D eigenvalue weighted by Gasteiger charge is -2.26. The van der Waals surface area contributed by atoms with Gasteiger partial charge in [0.25, 0.3) is 0 Å². The Hall–Kier alpha value is -1.03. The molecule has 1 rings (SSSR count). The standard InChI is InChI=1S/C13H18BrNO2/c1-5-15(12(16)17-13(2,3)4)11-8-6-7-10(14)9-11/h6-9H,5H2,1-4H3. The number of benzene rings is 1. The first-order valence-corrected chi connectivity index (χ1v) is 6.39. The van der Waals surface area contributed by atoms with Crippen molar-refractivity contribution in [1.29, 1.82) is 0 Å². The highest BCUT2D eigenvalue weighted by atomic mass is 79.9. The predicted octanol–water partition coefficient (Wildman–Crippen LogP) is 4.21. The first-order valence-electron chi connectivity index (χ1n) is 5.59. The molecular weight excluding hydrogens is 282 g/mol. The summed E-state index contributed by atoms with van der Waals surface area (Å²) in [6.07, 6.45) is -0.321. The molecule has 4 heteroatoms. The summed E-state index contributed by atoms with van der Waals surface area (Å²) in [6.45, 7) is 8.08. The number of hydrogen-bond acceptors (Lipinski definition) is 2. The van der Waals surface area contributed by atoms with Gasteiger partial charge in [0.2, 0.25) is 0 Å². The maximum Gasteiger partial charge on any atom is 0.414 e. The SMILES string of the molecule is CCN(C(=O)OC(C)(C)C)c1cccc(Br)c1. The molecule has 0 aliphatic rings. The molecule has 0 bridgehead atoms. The van der Waals surface area contributed by atoms with Crippen LogP contribution in [0.5, 0.6) is 0 Å². The van der Waals surface area contributed by atoms with Crippen molar-refractivity contribution in [2.45, 2.75) is 33.3 Å². The van der Waals surface area contributed by atoms with Crippen LogP contribution in [-0.4, -0.2) is 18.2 Å². The van der Waals surface area contributed by atoms with E-state index in [1.165, 1.54) is 0 Å². The van der Waals surface area contributed by atoms with Gasteiger partial charge in [-0.3, -0.25) is 4.90 Å². The molecule has 0 radical (unpaired) electrons. The molecule has 3 nitrogen and oxygen atoms in total. The second-order valence-electron chi connectivity index (χ2n) is 4.70. The Morgan fingerprint density at radius 1 is 1.41 bits per heavy atom. The summed E-state index contributed by atoms with van der Waals surface area (Å²) in [5.74, 6) is 0. The number of amides is 1. The summed E-state index contributed by atoms with van der Waals surface area (Å²) in [6, 6.07) is 7.60. The highest BCUT2D eigenvalue weighted by Crippen LogP contribution is 2.21.